The van der Waals surface area contributed by atoms with Crippen LogP contribution in [0.25, 0.3) is 10.9 Å². The van der Waals surface area contributed by atoms with Gasteiger partial charge in [0, 0.05) is 28.2 Å². The lowest BCUT2D eigenvalue weighted by Crippen LogP contribution is -2.38. The van der Waals surface area contributed by atoms with E-state index in [0.29, 0.717) is 22.7 Å². The number of nitrogens with one attached hydrogen (secondary N) is 1. The van der Waals surface area contributed by atoms with Gasteiger partial charge in [-0.15, -0.1) is 6.58 Å². The average molecular weight is 476 g/mol. The number of halogens is 7. The smallest absolute Gasteiger partial charge is 0.356 e. The fraction of sp³-hybridized carbons (Fsp3) is 0.350. The van der Waals surface area contributed by atoms with E-state index < -0.39 is 36.0 Å². The molecule has 0 saturated heterocycles. The van der Waals surface area contributed by atoms with Gasteiger partial charge in [0.15, 0.2) is 0 Å². The van der Waals surface area contributed by atoms with E-state index in [0.717, 1.165) is 16.5 Å². The topological polar surface area (TPSA) is 57.7 Å². The molecule has 1 aromatic carbocycles. The summed E-state index contributed by atoms with van der Waals surface area (Å²) in [7, 11) is 0. The number of hydrogen-bond acceptors (Lipinski definition) is 4. The van der Waals surface area contributed by atoms with E-state index in [1.165, 1.54) is 4.90 Å². The largest absolute Gasteiger partial charge is 0.451 e. The summed E-state index contributed by atoms with van der Waals surface area (Å²) in [6, 6.07) is 4.58. The molecule has 3 aromatic rings. The van der Waals surface area contributed by atoms with Crippen LogP contribution < -0.4 is 4.90 Å². The van der Waals surface area contributed by atoms with Crippen LogP contribution >= 0.6 is 11.6 Å². The van der Waals surface area contributed by atoms with Gasteiger partial charge in [-0.05, 0) is 43.5 Å². The lowest BCUT2D eigenvalue weighted by Gasteiger charge is -2.36. The predicted octanol–water partition coefficient (Wildman–Crippen LogP) is 6.11. The van der Waals surface area contributed by atoms with Crippen molar-refractivity contribution < 1.29 is 26.3 Å². The fourth-order valence-corrected chi connectivity index (χ4v) is 4.04. The molecule has 4 rings (SSSR count). The number of H-pyrrole nitrogens is 1. The molecule has 1 aliphatic heterocycles. The second kappa shape index (κ2) is 7.65. The third-order valence-corrected chi connectivity index (χ3v) is 5.38. The lowest BCUT2D eigenvalue weighted by atomic mass is 9.93. The first kappa shape index (κ1) is 22.4. The summed E-state index contributed by atoms with van der Waals surface area (Å²) in [5.74, 6) is -4.47. The fourth-order valence-electron chi connectivity index (χ4n) is 3.87. The highest BCUT2D eigenvalue weighted by molar-refractivity contribution is 6.31. The van der Waals surface area contributed by atoms with Crippen LogP contribution in [0.5, 0.6) is 0 Å². The number of aromatic nitrogens is 4. The molecule has 0 amide bonds. The van der Waals surface area contributed by atoms with Crippen molar-refractivity contribution >= 4 is 28.5 Å². The van der Waals surface area contributed by atoms with Crippen LogP contribution in [0, 0.1) is 0 Å². The highest BCUT2D eigenvalue weighted by atomic mass is 35.5. The van der Waals surface area contributed by atoms with Gasteiger partial charge in [-0.1, -0.05) is 17.2 Å². The zero-order valence-electron chi connectivity index (χ0n) is 16.6. The van der Waals surface area contributed by atoms with Gasteiger partial charge in [0.05, 0.1) is 6.04 Å². The monoisotopic (exact) mass is 475 g/mol. The Balaban J connectivity index is 1.88. The van der Waals surface area contributed by atoms with Crippen molar-refractivity contribution in [3.63, 3.8) is 0 Å². The molecule has 1 atom stereocenters. The Hall–Kier alpha value is -2.82. The van der Waals surface area contributed by atoms with Crippen LogP contribution in [0.4, 0.5) is 32.3 Å². The van der Waals surface area contributed by atoms with E-state index in [2.05, 4.69) is 26.5 Å². The van der Waals surface area contributed by atoms with E-state index >= 15 is 0 Å². The third-order valence-electron chi connectivity index (χ3n) is 5.14. The molecule has 170 valence electrons. The normalized spacial score (nSPS) is 17.0. The maximum atomic E-state index is 13.3. The first-order valence-corrected chi connectivity index (χ1v) is 9.84. The second-order valence-electron chi connectivity index (χ2n) is 7.61. The Morgan fingerprint density at radius 2 is 1.75 bits per heavy atom. The number of alkyl halides is 6. The Morgan fingerprint density at radius 3 is 2.31 bits per heavy atom. The van der Waals surface area contributed by atoms with E-state index in [1.807, 2.05) is 0 Å². The maximum Gasteiger partial charge on any atom is 0.451 e. The minimum absolute atomic E-state index is 0.100. The molecule has 0 fully saturated rings. The van der Waals surface area contributed by atoms with E-state index in [1.54, 1.807) is 25.1 Å². The quantitative estimate of drug-likeness (QED) is 0.366. The maximum absolute atomic E-state index is 13.3. The highest BCUT2D eigenvalue weighted by Gasteiger charge is 2.43. The number of rotatable bonds is 3. The lowest BCUT2D eigenvalue weighted by molar-refractivity contribution is -0.155. The number of nitrogens with zero attached hydrogens (tertiary/aromatic N) is 4. The molecule has 5 nitrogen and oxygen atoms in total. The van der Waals surface area contributed by atoms with Crippen molar-refractivity contribution in [1.29, 1.82) is 0 Å². The van der Waals surface area contributed by atoms with Crippen molar-refractivity contribution in [2.45, 2.75) is 38.2 Å². The van der Waals surface area contributed by atoms with E-state index in [4.69, 9.17) is 11.6 Å². The molecule has 32 heavy (non-hydrogen) atoms. The molecule has 1 aliphatic rings. The zero-order valence-corrected chi connectivity index (χ0v) is 17.3. The number of benzene rings is 1. The Morgan fingerprint density at radius 1 is 1.12 bits per heavy atom. The molecule has 0 spiro atoms. The molecule has 12 heteroatoms. The summed E-state index contributed by atoms with van der Waals surface area (Å²) in [6.07, 6.45) is -9.72. The molecule has 1 N–H and O–H groups in total. The van der Waals surface area contributed by atoms with Crippen molar-refractivity contribution in [1.82, 2.24) is 19.9 Å². The molecule has 0 aliphatic carbocycles. The van der Waals surface area contributed by atoms with Crippen LogP contribution in [-0.2, 0) is 18.8 Å². The van der Waals surface area contributed by atoms with Gasteiger partial charge in [-0.2, -0.15) is 36.3 Å². The molecule has 0 bridgehead atoms. The van der Waals surface area contributed by atoms with Crippen LogP contribution in [0.15, 0.2) is 30.4 Å². The van der Waals surface area contributed by atoms with Crippen LogP contribution in [-0.4, -0.2) is 26.5 Å². The van der Waals surface area contributed by atoms with Gasteiger partial charge in [0.2, 0.25) is 17.6 Å². The van der Waals surface area contributed by atoms with Gasteiger partial charge in [0.25, 0.3) is 0 Å². The Bertz CT molecular complexity index is 1170. The summed E-state index contributed by atoms with van der Waals surface area (Å²) in [6.45, 7) is 5.68. The van der Waals surface area contributed by atoms with Gasteiger partial charge >= 0.3 is 12.4 Å². The third kappa shape index (κ3) is 4.13. The summed E-state index contributed by atoms with van der Waals surface area (Å²) < 4.78 is 79.5. The SMILES string of the molecule is C=C(C)CC1c2[nH]c3ccc(Cl)cc3c2CCN1c1nc(C(F)(F)F)nc(C(F)(F)F)n1. The van der Waals surface area contributed by atoms with Crippen LogP contribution in [0.3, 0.4) is 0 Å². The van der Waals surface area contributed by atoms with E-state index in [9.17, 15) is 26.3 Å². The zero-order chi connectivity index (χ0) is 23.4. The standard InChI is InChI=1S/C20H16ClF6N5/c1-9(2)7-14-15-11(12-8-10(21)3-4-13(12)28-15)5-6-32(14)18-30-16(19(22,23)24)29-17(31-18)20(25,26)27/h3-4,8,14,28H,1,5-7H2,2H3. The average Bonchev–Trinajstić information content (AvgIpc) is 3.04. The van der Waals surface area contributed by atoms with Crippen molar-refractivity contribution in [3.05, 3.63) is 58.3 Å². The molecule has 1 unspecified atom stereocenters. The first-order chi connectivity index (χ1) is 14.8. The van der Waals surface area contributed by atoms with Crippen molar-refractivity contribution in [3.8, 4) is 0 Å². The van der Waals surface area contributed by atoms with Crippen LogP contribution in [0.1, 0.15) is 42.3 Å². The predicted molar refractivity (Wildman–Crippen MR) is 106 cm³/mol. The molecule has 0 saturated carbocycles. The molecular weight excluding hydrogens is 460 g/mol. The first-order valence-electron chi connectivity index (χ1n) is 9.46. The van der Waals surface area contributed by atoms with Gasteiger partial charge < -0.3 is 9.88 Å². The minimum Gasteiger partial charge on any atom is -0.356 e. The Labute approximate surface area is 183 Å². The number of fused-ring (bicyclic) bond motifs is 3. The molecule has 0 radical (unpaired) electrons. The highest BCUT2D eigenvalue weighted by Crippen LogP contribution is 2.41. The number of hydrogen-bond donors (Lipinski definition) is 1. The van der Waals surface area contributed by atoms with E-state index in [-0.39, 0.29) is 13.0 Å². The van der Waals surface area contributed by atoms with Crippen molar-refractivity contribution in [2.24, 2.45) is 0 Å². The molecular formula is C20H16ClF6N5. The second-order valence-corrected chi connectivity index (χ2v) is 8.04. The van der Waals surface area contributed by atoms with Gasteiger partial charge in [0.1, 0.15) is 0 Å². The minimum atomic E-state index is -5.17. The van der Waals surface area contributed by atoms with Gasteiger partial charge in [-0.3, -0.25) is 0 Å². The summed E-state index contributed by atoms with van der Waals surface area (Å²) in [4.78, 5) is 13.9. The van der Waals surface area contributed by atoms with Crippen LogP contribution in [0.2, 0.25) is 5.02 Å². The van der Waals surface area contributed by atoms with Gasteiger partial charge in [-0.25, -0.2) is 4.98 Å². The summed E-state index contributed by atoms with van der Waals surface area (Å²) in [5.41, 5.74) is 2.99. The summed E-state index contributed by atoms with van der Waals surface area (Å²) in [5, 5.41) is 1.36. The number of anilines is 1. The molecule has 2 aromatic heterocycles. The molecule has 3 heterocycles. The summed E-state index contributed by atoms with van der Waals surface area (Å²) >= 11 is 6.11. The van der Waals surface area contributed by atoms with Crippen molar-refractivity contribution in [2.75, 3.05) is 11.4 Å². The number of aromatic amines is 1. The Kier molecular flexibility index (Phi) is 5.35.